The second kappa shape index (κ2) is 22.9. The minimum absolute atomic E-state index is 0.244. The molecule has 6 atom stereocenters. The Kier molecular flexibility index (Phi) is 19.5. The zero-order chi connectivity index (χ0) is 36.4. The average molecular weight is 719 g/mol. The van der Waals surface area contributed by atoms with E-state index in [-0.39, 0.29) is 11.4 Å². The normalized spacial score (nSPS) is 22.8. The highest BCUT2D eigenvalue weighted by molar-refractivity contribution is 8.00. The van der Waals surface area contributed by atoms with Crippen molar-refractivity contribution in [3.05, 3.63) is 58.7 Å². The van der Waals surface area contributed by atoms with Crippen LogP contribution in [-0.2, 0) is 23.9 Å². The largest absolute Gasteiger partial charge is 0.497 e. The fraction of sp³-hybridized carbons (Fsp3) is 0.707. The van der Waals surface area contributed by atoms with E-state index in [1.54, 1.807) is 7.11 Å². The average Bonchev–Trinajstić information content (AvgIpc) is 3.12. The van der Waals surface area contributed by atoms with Crippen molar-refractivity contribution in [3.8, 4) is 11.5 Å². The van der Waals surface area contributed by atoms with Gasteiger partial charge in [-0.15, -0.1) is 11.8 Å². The predicted octanol–water partition coefficient (Wildman–Crippen LogP) is 8.90. The molecule has 50 heavy (non-hydrogen) atoms. The summed E-state index contributed by atoms with van der Waals surface area (Å²) in [5, 5.41) is 24.9. The third-order valence-corrected chi connectivity index (χ3v) is 10.8. The lowest BCUT2D eigenvalue weighted by Gasteiger charge is -2.50. The first-order valence-corrected chi connectivity index (χ1v) is 20.1. The lowest BCUT2D eigenvalue weighted by molar-refractivity contribution is -0.190. The molecule has 2 unspecified atom stereocenters. The molecule has 0 spiro atoms. The number of aliphatic hydroxyl groups is 2. The number of hydrogen-bond acceptors (Lipinski definition) is 9. The molecule has 1 aliphatic rings. The van der Waals surface area contributed by atoms with Gasteiger partial charge in [0.15, 0.2) is 4.93 Å². The smallest absolute Gasteiger partial charge is 0.168 e. The SMILES string of the molecule is CCCCOC[C@H]1SC(O)(c2cc(C(O)c3ccc(OC)cc3)c(C)cc2OCCCC)[C@H](OCCCC)[C@@H](OCCCC)[C@@H]1OCCCC. The maximum absolute atomic E-state index is 13.3. The van der Waals surface area contributed by atoms with Gasteiger partial charge >= 0.3 is 0 Å². The van der Waals surface area contributed by atoms with Gasteiger partial charge < -0.3 is 38.6 Å². The Bertz CT molecular complexity index is 1210. The fourth-order valence-corrected chi connectivity index (χ4v) is 7.74. The summed E-state index contributed by atoms with van der Waals surface area (Å²) in [5.41, 5.74) is 2.86. The van der Waals surface area contributed by atoms with E-state index in [2.05, 4.69) is 34.6 Å². The third kappa shape index (κ3) is 11.8. The summed E-state index contributed by atoms with van der Waals surface area (Å²) in [6.07, 6.45) is 6.86. The molecule has 8 nitrogen and oxygen atoms in total. The van der Waals surface area contributed by atoms with Crippen molar-refractivity contribution in [1.82, 2.24) is 0 Å². The van der Waals surface area contributed by atoms with E-state index >= 15 is 0 Å². The van der Waals surface area contributed by atoms with Crippen molar-refractivity contribution in [2.45, 2.75) is 140 Å². The van der Waals surface area contributed by atoms with E-state index in [4.69, 9.17) is 28.4 Å². The molecule has 1 saturated heterocycles. The molecule has 2 N–H and O–H groups in total. The summed E-state index contributed by atoms with van der Waals surface area (Å²) >= 11 is 1.42. The van der Waals surface area contributed by atoms with Crippen LogP contribution in [0.1, 0.15) is 127 Å². The van der Waals surface area contributed by atoms with Gasteiger partial charge in [-0.25, -0.2) is 0 Å². The van der Waals surface area contributed by atoms with E-state index in [9.17, 15) is 10.2 Å². The highest BCUT2D eigenvalue weighted by atomic mass is 32.2. The van der Waals surface area contributed by atoms with Crippen LogP contribution in [0.25, 0.3) is 0 Å². The summed E-state index contributed by atoms with van der Waals surface area (Å²) in [5.74, 6) is 1.30. The van der Waals surface area contributed by atoms with Crippen LogP contribution in [0.2, 0.25) is 0 Å². The molecular formula is C41H66O8S. The van der Waals surface area contributed by atoms with Crippen LogP contribution >= 0.6 is 11.8 Å². The topological polar surface area (TPSA) is 95.8 Å². The monoisotopic (exact) mass is 718 g/mol. The minimum Gasteiger partial charge on any atom is -0.497 e. The Hall–Kier alpha value is -1.85. The van der Waals surface area contributed by atoms with Crippen molar-refractivity contribution in [3.63, 3.8) is 0 Å². The van der Waals surface area contributed by atoms with Crippen LogP contribution in [0.4, 0.5) is 0 Å². The molecule has 0 bridgehead atoms. The summed E-state index contributed by atoms with van der Waals surface area (Å²) < 4.78 is 38.2. The van der Waals surface area contributed by atoms with Crippen molar-refractivity contribution in [2.75, 3.05) is 46.8 Å². The predicted molar refractivity (Wildman–Crippen MR) is 204 cm³/mol. The molecule has 0 radical (unpaired) electrons. The molecule has 2 aromatic carbocycles. The highest BCUT2D eigenvalue weighted by Gasteiger charge is 2.57. The molecule has 0 aromatic heterocycles. The first-order valence-electron chi connectivity index (χ1n) is 19.2. The second-order valence-corrected chi connectivity index (χ2v) is 14.9. The third-order valence-electron chi connectivity index (χ3n) is 9.28. The van der Waals surface area contributed by atoms with Crippen LogP contribution in [0, 0.1) is 6.92 Å². The summed E-state index contributed by atoms with van der Waals surface area (Å²) in [6.45, 7) is 15.8. The van der Waals surface area contributed by atoms with Crippen LogP contribution in [0.3, 0.4) is 0 Å². The van der Waals surface area contributed by atoms with Gasteiger partial charge in [-0.2, -0.15) is 0 Å². The number of unbranched alkanes of at least 4 members (excludes halogenated alkanes) is 5. The minimum atomic E-state index is -1.60. The molecule has 3 rings (SSSR count). The Morgan fingerprint density at radius 2 is 1.30 bits per heavy atom. The molecule has 1 fully saturated rings. The van der Waals surface area contributed by atoms with Gasteiger partial charge in [0.2, 0.25) is 0 Å². The van der Waals surface area contributed by atoms with E-state index in [0.717, 1.165) is 81.1 Å². The fourth-order valence-electron chi connectivity index (χ4n) is 6.12. The molecule has 0 aliphatic carbocycles. The van der Waals surface area contributed by atoms with E-state index < -0.39 is 23.2 Å². The molecule has 1 heterocycles. The zero-order valence-corrected chi connectivity index (χ0v) is 32.7. The second-order valence-electron chi connectivity index (χ2n) is 13.4. The Labute approximate surface area is 306 Å². The number of methoxy groups -OCH3 is 1. The van der Waals surface area contributed by atoms with Crippen LogP contribution < -0.4 is 9.47 Å². The van der Waals surface area contributed by atoms with Gasteiger partial charge in [0.05, 0.1) is 25.6 Å². The zero-order valence-electron chi connectivity index (χ0n) is 31.9. The molecule has 284 valence electrons. The van der Waals surface area contributed by atoms with Crippen molar-refractivity contribution < 1.29 is 38.6 Å². The Morgan fingerprint density at radius 3 is 1.90 bits per heavy atom. The van der Waals surface area contributed by atoms with Crippen molar-refractivity contribution in [1.29, 1.82) is 0 Å². The highest BCUT2D eigenvalue weighted by Crippen LogP contribution is 2.53. The number of rotatable bonds is 25. The van der Waals surface area contributed by atoms with E-state index in [1.807, 2.05) is 43.3 Å². The van der Waals surface area contributed by atoms with Gasteiger partial charge in [0, 0.05) is 32.0 Å². The first kappa shape index (κ1) is 42.6. The van der Waals surface area contributed by atoms with Gasteiger partial charge in [-0.1, -0.05) is 78.9 Å². The molecule has 0 amide bonds. The van der Waals surface area contributed by atoms with Crippen LogP contribution in [0.15, 0.2) is 36.4 Å². The van der Waals surface area contributed by atoms with Gasteiger partial charge in [-0.05, 0) is 80.0 Å². The summed E-state index contributed by atoms with van der Waals surface area (Å²) in [4.78, 5) is -1.60. The molecule has 1 aliphatic heterocycles. The molecule has 0 saturated carbocycles. The lowest BCUT2D eigenvalue weighted by Crippen LogP contribution is -2.61. The van der Waals surface area contributed by atoms with Crippen LogP contribution in [-0.4, -0.2) is 80.5 Å². The number of ether oxygens (including phenoxy) is 6. The van der Waals surface area contributed by atoms with Crippen LogP contribution in [0.5, 0.6) is 11.5 Å². The summed E-state index contributed by atoms with van der Waals surface area (Å²) in [6, 6.07) is 11.3. The lowest BCUT2D eigenvalue weighted by atomic mass is 9.88. The van der Waals surface area contributed by atoms with Gasteiger partial charge in [-0.3, -0.25) is 0 Å². The summed E-state index contributed by atoms with van der Waals surface area (Å²) in [7, 11) is 1.63. The molecule has 2 aromatic rings. The van der Waals surface area contributed by atoms with Crippen molar-refractivity contribution in [2.24, 2.45) is 0 Å². The van der Waals surface area contributed by atoms with Crippen molar-refractivity contribution >= 4 is 11.8 Å². The number of benzene rings is 2. The Balaban J connectivity index is 2.23. The number of thioether (sulfide) groups is 1. The Morgan fingerprint density at radius 1 is 0.740 bits per heavy atom. The first-order chi connectivity index (χ1) is 24.3. The van der Waals surface area contributed by atoms with E-state index in [0.29, 0.717) is 56.5 Å². The number of hydrogen-bond donors (Lipinski definition) is 2. The maximum Gasteiger partial charge on any atom is 0.168 e. The molecular weight excluding hydrogens is 653 g/mol. The van der Waals surface area contributed by atoms with Gasteiger partial charge in [0.25, 0.3) is 0 Å². The number of aliphatic hydroxyl groups excluding tert-OH is 1. The quantitative estimate of drug-likeness (QED) is 0.0977. The maximum atomic E-state index is 13.3. The number of aryl methyl sites for hydroxylation is 1. The standard InChI is InChI=1S/C41H66O8S/c1-8-13-22-45-29-36-38(47-24-15-10-3)39(48-25-16-11-4)40(49-26-17-12-5)41(43,50-36)34-28-33(30(6)27-35(34)46-23-14-9-2)37(42)31-18-20-32(44-7)21-19-31/h18-21,27-28,36-40,42-43H,8-17,22-26,29H2,1-7H3/t36-,37?,38-,39+,40-,41?/m1/s1. The van der Waals surface area contributed by atoms with E-state index in [1.165, 1.54) is 11.8 Å². The molecule has 9 heteroatoms. The van der Waals surface area contributed by atoms with Gasteiger partial charge in [0.1, 0.15) is 35.9 Å².